The number of piperidine rings is 1. The molecule has 2 nitrogen and oxygen atoms in total. The van der Waals surface area contributed by atoms with E-state index in [1.807, 2.05) is 0 Å². The lowest BCUT2D eigenvalue weighted by Gasteiger charge is -2.23. The van der Waals surface area contributed by atoms with Gasteiger partial charge >= 0.3 is 0 Å². The second-order valence-electron chi connectivity index (χ2n) is 3.24. The quantitative estimate of drug-likeness (QED) is 0.530. The summed E-state index contributed by atoms with van der Waals surface area (Å²) < 4.78 is 0. The van der Waals surface area contributed by atoms with Gasteiger partial charge in [0.1, 0.15) is 0 Å². The topological polar surface area (TPSA) is 29.1 Å². The van der Waals surface area contributed by atoms with Crippen LogP contribution >= 0.6 is 11.6 Å². The molecule has 1 unspecified atom stereocenters. The minimum Gasteiger partial charge on any atom is -0.353 e. The molecule has 0 spiro atoms. The van der Waals surface area contributed by atoms with Crippen LogP contribution in [0.5, 0.6) is 0 Å². The van der Waals surface area contributed by atoms with Gasteiger partial charge in [-0.3, -0.25) is 4.79 Å². The average molecular weight is 188 g/mol. The van der Waals surface area contributed by atoms with Crippen molar-refractivity contribution < 1.29 is 4.79 Å². The van der Waals surface area contributed by atoms with E-state index in [9.17, 15) is 4.79 Å². The van der Waals surface area contributed by atoms with E-state index in [4.69, 9.17) is 11.6 Å². The fraction of sp³-hybridized carbons (Fsp3) is 0.667. The molecular weight excluding hydrogens is 174 g/mol. The number of hydrogen-bond donors (Lipinski definition) is 1. The van der Waals surface area contributed by atoms with Crippen molar-refractivity contribution in [3.05, 3.63) is 12.2 Å². The van der Waals surface area contributed by atoms with Crippen molar-refractivity contribution in [2.24, 2.45) is 0 Å². The van der Waals surface area contributed by atoms with E-state index >= 15 is 0 Å². The van der Waals surface area contributed by atoms with E-state index in [0.29, 0.717) is 12.3 Å². The number of alkyl halides is 1. The first-order valence-corrected chi connectivity index (χ1v) is 4.78. The van der Waals surface area contributed by atoms with Crippen molar-refractivity contribution in [1.29, 1.82) is 0 Å². The third-order valence-electron chi connectivity index (χ3n) is 2.05. The predicted octanol–water partition coefficient (Wildman–Crippen LogP) is 1.84. The lowest BCUT2D eigenvalue weighted by Crippen LogP contribution is -2.38. The molecule has 68 valence electrons. The maximum atomic E-state index is 11.0. The van der Waals surface area contributed by atoms with Gasteiger partial charge in [-0.25, -0.2) is 0 Å². The van der Waals surface area contributed by atoms with Crippen LogP contribution in [0.2, 0.25) is 0 Å². The first-order chi connectivity index (χ1) is 5.72. The summed E-state index contributed by atoms with van der Waals surface area (Å²) in [6, 6.07) is 0.275. The molecule has 12 heavy (non-hydrogen) atoms. The molecule has 1 amide bonds. The van der Waals surface area contributed by atoms with E-state index in [1.54, 1.807) is 0 Å². The first kappa shape index (κ1) is 9.59. The zero-order chi connectivity index (χ0) is 8.97. The van der Waals surface area contributed by atoms with Gasteiger partial charge in [-0.05, 0) is 19.3 Å². The number of carbonyl (C=O) groups excluding carboxylic acids is 1. The van der Waals surface area contributed by atoms with Gasteiger partial charge in [-0.1, -0.05) is 12.2 Å². The smallest absolute Gasteiger partial charge is 0.220 e. The summed E-state index contributed by atoms with van der Waals surface area (Å²) in [4.78, 5) is 11.0. The van der Waals surface area contributed by atoms with E-state index in [1.165, 1.54) is 0 Å². The zero-order valence-electron chi connectivity index (χ0n) is 7.11. The molecule has 0 bridgehead atoms. The normalized spacial score (nSPS) is 23.4. The highest BCUT2D eigenvalue weighted by atomic mass is 35.5. The molecule has 1 N–H and O–H groups in total. The van der Waals surface area contributed by atoms with Gasteiger partial charge in [-0.2, -0.15) is 0 Å². The summed E-state index contributed by atoms with van der Waals surface area (Å²) in [6.45, 7) is 3.81. The van der Waals surface area contributed by atoms with Crippen molar-refractivity contribution in [3.8, 4) is 0 Å². The molecular formula is C9H14ClNO. The highest BCUT2D eigenvalue weighted by Gasteiger charge is 2.17. The Labute approximate surface area is 78.0 Å². The molecule has 0 aromatic heterocycles. The lowest BCUT2D eigenvalue weighted by atomic mass is 9.99. The minimum atomic E-state index is 0.161. The second kappa shape index (κ2) is 4.51. The Hall–Kier alpha value is -0.500. The largest absolute Gasteiger partial charge is 0.353 e. The number of nitrogens with one attached hydrogen (secondary N) is 1. The van der Waals surface area contributed by atoms with Gasteiger partial charge in [-0.15, -0.1) is 11.6 Å². The Kier molecular flexibility index (Phi) is 3.60. The molecule has 1 saturated heterocycles. The third-order valence-corrected chi connectivity index (χ3v) is 2.42. The molecule has 1 heterocycles. The lowest BCUT2D eigenvalue weighted by molar-refractivity contribution is -0.123. The minimum absolute atomic E-state index is 0.161. The predicted molar refractivity (Wildman–Crippen MR) is 50.3 cm³/mol. The Morgan fingerprint density at radius 2 is 2.50 bits per heavy atom. The van der Waals surface area contributed by atoms with E-state index in [2.05, 4.69) is 11.9 Å². The highest BCUT2D eigenvalue weighted by molar-refractivity contribution is 6.19. The molecule has 1 aliphatic heterocycles. The molecule has 0 aromatic rings. The van der Waals surface area contributed by atoms with Crippen molar-refractivity contribution >= 4 is 17.5 Å². The van der Waals surface area contributed by atoms with Crippen molar-refractivity contribution in [2.75, 3.05) is 5.88 Å². The molecule has 0 aliphatic carbocycles. The monoisotopic (exact) mass is 187 g/mol. The number of carbonyl (C=O) groups is 1. The Bertz CT molecular complexity index is 191. The average Bonchev–Trinajstić information content (AvgIpc) is 2.04. The summed E-state index contributed by atoms with van der Waals surface area (Å²) in [5.74, 6) is 0.653. The van der Waals surface area contributed by atoms with E-state index < -0.39 is 0 Å². The molecule has 1 fully saturated rings. The third kappa shape index (κ3) is 2.86. The summed E-state index contributed by atoms with van der Waals surface area (Å²) in [5.41, 5.74) is 1.00. The zero-order valence-corrected chi connectivity index (χ0v) is 7.86. The summed E-state index contributed by atoms with van der Waals surface area (Å²) in [6.07, 6.45) is 3.55. The van der Waals surface area contributed by atoms with Gasteiger partial charge in [0.2, 0.25) is 5.91 Å². The first-order valence-electron chi connectivity index (χ1n) is 4.24. The maximum Gasteiger partial charge on any atom is 0.220 e. The van der Waals surface area contributed by atoms with Crippen LogP contribution < -0.4 is 5.32 Å². The van der Waals surface area contributed by atoms with Gasteiger partial charge in [0.25, 0.3) is 0 Å². The fourth-order valence-electron chi connectivity index (χ4n) is 1.44. The maximum absolute atomic E-state index is 11.0. The summed E-state index contributed by atoms with van der Waals surface area (Å²) in [7, 11) is 0. The Morgan fingerprint density at radius 1 is 1.75 bits per heavy atom. The fourth-order valence-corrected chi connectivity index (χ4v) is 1.55. The molecule has 3 heteroatoms. The van der Waals surface area contributed by atoms with Gasteiger partial charge < -0.3 is 5.32 Å². The van der Waals surface area contributed by atoms with Gasteiger partial charge in [0, 0.05) is 18.3 Å². The number of amides is 1. The van der Waals surface area contributed by atoms with Crippen LogP contribution in [0.3, 0.4) is 0 Å². The molecule has 1 atom stereocenters. The van der Waals surface area contributed by atoms with Crippen LogP contribution in [-0.2, 0) is 4.79 Å². The van der Waals surface area contributed by atoms with Crippen molar-refractivity contribution in [1.82, 2.24) is 5.32 Å². The SMILES string of the molecule is C=C(CCl)CC1CCCC(=O)N1. The number of halogens is 1. The Balaban J connectivity index is 2.32. The highest BCUT2D eigenvalue weighted by Crippen LogP contribution is 2.15. The van der Waals surface area contributed by atoms with Crippen molar-refractivity contribution in [3.63, 3.8) is 0 Å². The molecule has 0 radical (unpaired) electrons. The number of hydrogen-bond acceptors (Lipinski definition) is 1. The Morgan fingerprint density at radius 3 is 3.08 bits per heavy atom. The van der Waals surface area contributed by atoms with Gasteiger partial charge in [0.15, 0.2) is 0 Å². The van der Waals surface area contributed by atoms with Crippen LogP contribution in [0.25, 0.3) is 0 Å². The van der Waals surface area contributed by atoms with Crippen LogP contribution in [-0.4, -0.2) is 17.8 Å². The van der Waals surface area contributed by atoms with E-state index in [-0.39, 0.29) is 11.9 Å². The van der Waals surface area contributed by atoms with Crippen LogP contribution in [0.1, 0.15) is 25.7 Å². The second-order valence-corrected chi connectivity index (χ2v) is 3.51. The van der Waals surface area contributed by atoms with Gasteiger partial charge in [0.05, 0.1) is 0 Å². The molecule has 1 aliphatic rings. The summed E-state index contributed by atoms with van der Waals surface area (Å²) in [5, 5.41) is 2.92. The van der Waals surface area contributed by atoms with Crippen LogP contribution in [0.15, 0.2) is 12.2 Å². The van der Waals surface area contributed by atoms with Crippen LogP contribution in [0.4, 0.5) is 0 Å². The molecule has 0 aromatic carbocycles. The summed E-state index contributed by atoms with van der Waals surface area (Å²) >= 11 is 5.60. The number of rotatable bonds is 3. The molecule has 1 rings (SSSR count). The molecule has 0 saturated carbocycles. The standard InChI is InChI=1S/C9H14ClNO/c1-7(6-10)5-8-3-2-4-9(12)11-8/h8H,1-6H2,(H,11,12). The van der Waals surface area contributed by atoms with Crippen LogP contribution in [0, 0.1) is 0 Å². The van der Waals surface area contributed by atoms with Crippen molar-refractivity contribution in [2.45, 2.75) is 31.7 Å². The van der Waals surface area contributed by atoms with E-state index in [0.717, 1.165) is 24.8 Å².